The highest BCUT2D eigenvalue weighted by Crippen LogP contribution is 2.35. The maximum atomic E-state index is 13.1. The van der Waals surface area contributed by atoms with Crippen LogP contribution in [0.25, 0.3) is 10.2 Å². The molecule has 0 spiro atoms. The third-order valence-electron chi connectivity index (χ3n) is 5.15. The van der Waals surface area contributed by atoms with E-state index < -0.39 is 6.04 Å². The molecule has 5 nitrogen and oxygen atoms in total. The van der Waals surface area contributed by atoms with Crippen molar-refractivity contribution >= 4 is 44.7 Å². The predicted octanol–water partition coefficient (Wildman–Crippen LogP) is 4.44. The molecule has 3 aromatic rings. The summed E-state index contributed by atoms with van der Waals surface area (Å²) in [5.41, 5.74) is 1.64. The minimum absolute atomic E-state index is 0.134. The number of amides is 1. The van der Waals surface area contributed by atoms with Gasteiger partial charge in [0.15, 0.2) is 0 Å². The van der Waals surface area contributed by atoms with Crippen molar-refractivity contribution in [1.82, 2.24) is 9.55 Å². The molecule has 1 aliphatic rings. The van der Waals surface area contributed by atoms with Crippen molar-refractivity contribution in [2.45, 2.75) is 39.2 Å². The lowest BCUT2D eigenvalue weighted by atomic mass is 9.89. The minimum atomic E-state index is -0.664. The highest BCUT2D eigenvalue weighted by atomic mass is 35.5. The van der Waals surface area contributed by atoms with Crippen molar-refractivity contribution in [1.29, 1.82) is 0 Å². The average molecular weight is 402 g/mol. The van der Waals surface area contributed by atoms with Gasteiger partial charge in [0.05, 0.1) is 11.7 Å². The van der Waals surface area contributed by atoms with E-state index >= 15 is 0 Å². The number of nitrogens with one attached hydrogen (secondary N) is 1. The number of halogens is 1. The predicted molar refractivity (Wildman–Crippen MR) is 110 cm³/mol. The van der Waals surface area contributed by atoms with Crippen molar-refractivity contribution in [3.05, 3.63) is 56.4 Å². The molecule has 1 amide bonds. The van der Waals surface area contributed by atoms with Crippen molar-refractivity contribution in [2.24, 2.45) is 5.92 Å². The summed E-state index contributed by atoms with van der Waals surface area (Å²) >= 11 is 7.49. The van der Waals surface area contributed by atoms with Gasteiger partial charge in [-0.25, -0.2) is 4.98 Å². The fourth-order valence-electron chi connectivity index (χ4n) is 3.53. The number of benzene rings is 1. The molecule has 0 radical (unpaired) electrons. The molecule has 2 heterocycles. The number of carbonyl (C=O) groups is 1. The van der Waals surface area contributed by atoms with Crippen LogP contribution in [-0.4, -0.2) is 15.5 Å². The van der Waals surface area contributed by atoms with Gasteiger partial charge in [-0.05, 0) is 61.9 Å². The van der Waals surface area contributed by atoms with Crippen molar-refractivity contribution in [3.63, 3.8) is 0 Å². The van der Waals surface area contributed by atoms with E-state index in [-0.39, 0.29) is 11.5 Å². The molecule has 27 heavy (non-hydrogen) atoms. The van der Waals surface area contributed by atoms with Crippen LogP contribution in [0.5, 0.6) is 0 Å². The van der Waals surface area contributed by atoms with Gasteiger partial charge in [0.1, 0.15) is 10.9 Å². The van der Waals surface area contributed by atoms with Gasteiger partial charge in [0.2, 0.25) is 5.91 Å². The molecule has 0 bridgehead atoms. The van der Waals surface area contributed by atoms with Crippen LogP contribution in [0.3, 0.4) is 0 Å². The molecular formula is C20H20ClN3O2S. The number of carbonyl (C=O) groups excluding carboxylic acids is 1. The Balaban J connectivity index is 1.66. The Morgan fingerprint density at radius 3 is 2.85 bits per heavy atom. The molecule has 0 fully saturated rings. The zero-order valence-corrected chi connectivity index (χ0v) is 16.7. The van der Waals surface area contributed by atoms with Crippen LogP contribution in [0.4, 0.5) is 5.69 Å². The van der Waals surface area contributed by atoms with Crippen LogP contribution >= 0.6 is 22.9 Å². The first-order valence-electron chi connectivity index (χ1n) is 9.02. The summed E-state index contributed by atoms with van der Waals surface area (Å²) in [6.07, 6.45) is 4.48. The number of nitrogens with zero attached hydrogens (tertiary/aromatic N) is 2. The lowest BCUT2D eigenvalue weighted by Crippen LogP contribution is -2.32. The summed E-state index contributed by atoms with van der Waals surface area (Å²) in [5.74, 6) is 0.371. The molecule has 7 heteroatoms. The van der Waals surface area contributed by atoms with E-state index in [0.29, 0.717) is 22.0 Å². The van der Waals surface area contributed by atoms with E-state index in [1.165, 1.54) is 15.8 Å². The summed E-state index contributed by atoms with van der Waals surface area (Å²) in [5, 5.41) is 4.11. The van der Waals surface area contributed by atoms with Gasteiger partial charge in [-0.3, -0.25) is 14.2 Å². The fraction of sp³-hybridized carbons (Fsp3) is 0.350. The Morgan fingerprint density at radius 1 is 1.37 bits per heavy atom. The van der Waals surface area contributed by atoms with Crippen LogP contribution in [0.15, 0.2) is 35.4 Å². The third-order valence-corrected chi connectivity index (χ3v) is 6.56. The Hall–Kier alpha value is -2.18. The molecule has 0 aliphatic heterocycles. The van der Waals surface area contributed by atoms with Crippen LogP contribution < -0.4 is 10.9 Å². The van der Waals surface area contributed by atoms with E-state index in [1.54, 1.807) is 42.5 Å². The Kier molecular flexibility index (Phi) is 4.78. The number of thiophene rings is 1. The van der Waals surface area contributed by atoms with E-state index in [9.17, 15) is 9.59 Å². The average Bonchev–Trinajstić information content (AvgIpc) is 3.01. The van der Waals surface area contributed by atoms with Gasteiger partial charge in [-0.1, -0.05) is 18.5 Å². The molecule has 2 atom stereocenters. The van der Waals surface area contributed by atoms with Gasteiger partial charge >= 0.3 is 0 Å². The standard InChI is InChI=1S/C20H20ClN3O2S/c1-11-3-8-15-16(9-11)27-19-17(15)20(26)24(10-22-19)12(2)18(25)23-14-6-4-13(21)5-7-14/h4-7,10-12H,3,8-9H2,1-2H3,(H,23,25)/t11-,12-/m0/s1. The fourth-order valence-corrected chi connectivity index (χ4v) is 4.99. The van der Waals surface area contributed by atoms with Crippen LogP contribution in [-0.2, 0) is 17.6 Å². The lowest BCUT2D eigenvalue weighted by Gasteiger charge is -2.18. The van der Waals surface area contributed by atoms with Gasteiger partial charge in [0.25, 0.3) is 5.56 Å². The first-order chi connectivity index (χ1) is 12.9. The van der Waals surface area contributed by atoms with Gasteiger partial charge in [-0.15, -0.1) is 11.3 Å². The first-order valence-corrected chi connectivity index (χ1v) is 10.2. The van der Waals surface area contributed by atoms with Crippen molar-refractivity contribution < 1.29 is 4.79 Å². The summed E-state index contributed by atoms with van der Waals surface area (Å²) in [6.45, 7) is 3.95. The van der Waals surface area contributed by atoms with Crippen LogP contribution in [0.2, 0.25) is 5.02 Å². The van der Waals surface area contributed by atoms with Crippen molar-refractivity contribution in [2.75, 3.05) is 5.32 Å². The lowest BCUT2D eigenvalue weighted by molar-refractivity contribution is -0.118. The highest BCUT2D eigenvalue weighted by Gasteiger charge is 2.25. The minimum Gasteiger partial charge on any atom is -0.324 e. The second kappa shape index (κ2) is 7.09. The van der Waals surface area contributed by atoms with Gasteiger partial charge < -0.3 is 5.32 Å². The molecule has 4 rings (SSSR count). The third kappa shape index (κ3) is 3.39. The van der Waals surface area contributed by atoms with E-state index in [2.05, 4.69) is 17.2 Å². The van der Waals surface area contributed by atoms with Gasteiger partial charge in [0, 0.05) is 15.6 Å². The Labute approximate surface area is 166 Å². The number of rotatable bonds is 3. The zero-order chi connectivity index (χ0) is 19.1. The molecule has 1 aliphatic carbocycles. The molecule has 140 valence electrons. The Bertz CT molecular complexity index is 1070. The Morgan fingerprint density at radius 2 is 2.11 bits per heavy atom. The number of hydrogen-bond donors (Lipinski definition) is 1. The molecule has 0 saturated carbocycles. The van der Waals surface area contributed by atoms with E-state index in [4.69, 9.17) is 11.6 Å². The van der Waals surface area contributed by atoms with Gasteiger partial charge in [-0.2, -0.15) is 0 Å². The summed E-state index contributed by atoms with van der Waals surface area (Å²) in [4.78, 5) is 32.3. The maximum absolute atomic E-state index is 13.1. The summed E-state index contributed by atoms with van der Waals surface area (Å²) < 4.78 is 1.43. The van der Waals surface area contributed by atoms with E-state index in [1.807, 2.05) is 0 Å². The quantitative estimate of drug-likeness (QED) is 0.705. The highest BCUT2D eigenvalue weighted by molar-refractivity contribution is 7.18. The number of aryl methyl sites for hydroxylation is 1. The number of hydrogen-bond acceptors (Lipinski definition) is 4. The largest absolute Gasteiger partial charge is 0.324 e. The van der Waals surface area contributed by atoms with Crippen LogP contribution in [0.1, 0.15) is 36.8 Å². The smallest absolute Gasteiger partial charge is 0.263 e. The number of aromatic nitrogens is 2. The molecular weight excluding hydrogens is 382 g/mol. The monoisotopic (exact) mass is 401 g/mol. The number of fused-ring (bicyclic) bond motifs is 3. The summed E-state index contributed by atoms with van der Waals surface area (Å²) in [7, 11) is 0. The molecule has 1 aromatic carbocycles. The molecule has 0 saturated heterocycles. The SMILES string of the molecule is C[C@H]1CCc2c(sc3ncn([C@@H](C)C(=O)Nc4ccc(Cl)cc4)c(=O)c23)C1. The molecule has 0 unspecified atom stereocenters. The van der Waals surface area contributed by atoms with Crippen molar-refractivity contribution in [3.8, 4) is 0 Å². The first kappa shape index (κ1) is 18.2. The topological polar surface area (TPSA) is 64.0 Å². The second-order valence-electron chi connectivity index (χ2n) is 7.16. The second-order valence-corrected chi connectivity index (χ2v) is 8.68. The summed E-state index contributed by atoms with van der Waals surface area (Å²) in [6, 6.07) is 6.21. The molecule has 2 aromatic heterocycles. The van der Waals surface area contributed by atoms with Crippen LogP contribution in [0, 0.1) is 5.92 Å². The molecule has 1 N–H and O–H groups in total. The number of anilines is 1. The maximum Gasteiger partial charge on any atom is 0.263 e. The van der Waals surface area contributed by atoms with E-state index in [0.717, 1.165) is 29.7 Å². The normalized spacial score (nSPS) is 17.5. The zero-order valence-electron chi connectivity index (χ0n) is 15.2.